The van der Waals surface area contributed by atoms with E-state index in [1.807, 2.05) is 11.8 Å². The molecule has 1 N–H and O–H groups in total. The normalized spacial score (nSPS) is 34.6. The topological polar surface area (TPSA) is 49.4 Å². The van der Waals surface area contributed by atoms with Gasteiger partial charge in [-0.2, -0.15) is 11.8 Å². The van der Waals surface area contributed by atoms with Crippen LogP contribution in [0.15, 0.2) is 0 Å². The van der Waals surface area contributed by atoms with E-state index in [0.717, 1.165) is 26.1 Å². The molecule has 2 aliphatic rings. The van der Waals surface area contributed by atoms with Crippen molar-refractivity contribution in [1.29, 1.82) is 0 Å². The van der Waals surface area contributed by atoms with Crippen molar-refractivity contribution in [3.63, 3.8) is 0 Å². The minimum Gasteiger partial charge on any atom is -0.312 e. The molecule has 0 aliphatic carbocycles. The Morgan fingerprint density at radius 1 is 1.47 bits per heavy atom. The molecule has 0 bridgehead atoms. The summed E-state index contributed by atoms with van der Waals surface area (Å²) in [4.78, 5) is 2.46. The van der Waals surface area contributed by atoms with Crippen molar-refractivity contribution >= 4 is 21.6 Å². The van der Waals surface area contributed by atoms with Crippen LogP contribution < -0.4 is 5.32 Å². The number of rotatable bonds is 3. The summed E-state index contributed by atoms with van der Waals surface area (Å²) in [6, 6.07) is 0.165. The zero-order valence-corrected chi connectivity index (χ0v) is 12.0. The second-order valence-electron chi connectivity index (χ2n) is 5.04. The lowest BCUT2D eigenvalue weighted by Gasteiger charge is -2.32. The molecule has 2 fully saturated rings. The smallest absolute Gasteiger partial charge is 0.153 e. The highest BCUT2D eigenvalue weighted by Gasteiger charge is 2.25. The molecule has 2 atom stereocenters. The summed E-state index contributed by atoms with van der Waals surface area (Å²) in [6.45, 7) is 6.20. The zero-order valence-electron chi connectivity index (χ0n) is 10.4. The highest BCUT2D eigenvalue weighted by molar-refractivity contribution is 7.99. The Kier molecular flexibility index (Phi) is 4.74. The standard InChI is InChI=1S/C11H22N2O2S2/c1-10-8-13(5-6-16-10)4-2-11-9-17(14,15)7-3-12-11/h10-12H,2-9H2,1H3. The lowest BCUT2D eigenvalue weighted by atomic mass is 10.2. The summed E-state index contributed by atoms with van der Waals surface area (Å²) in [5.74, 6) is 1.84. The van der Waals surface area contributed by atoms with Gasteiger partial charge in [-0.3, -0.25) is 0 Å². The number of sulfone groups is 1. The van der Waals surface area contributed by atoms with E-state index in [1.54, 1.807) is 0 Å². The van der Waals surface area contributed by atoms with Gasteiger partial charge in [0.05, 0.1) is 11.5 Å². The quantitative estimate of drug-likeness (QED) is 0.799. The van der Waals surface area contributed by atoms with E-state index >= 15 is 0 Å². The molecule has 6 heteroatoms. The Bertz CT molecular complexity index is 345. The summed E-state index contributed by atoms with van der Waals surface area (Å²) in [6.07, 6.45) is 0.955. The molecule has 2 rings (SSSR count). The molecule has 17 heavy (non-hydrogen) atoms. The molecule has 0 radical (unpaired) electrons. The second kappa shape index (κ2) is 5.91. The van der Waals surface area contributed by atoms with E-state index in [-0.39, 0.29) is 6.04 Å². The fourth-order valence-electron chi connectivity index (χ4n) is 2.48. The predicted octanol–water partition coefficient (Wildman–Crippen LogP) is 0.200. The van der Waals surface area contributed by atoms with Gasteiger partial charge in [-0.1, -0.05) is 6.92 Å². The van der Waals surface area contributed by atoms with Crippen LogP contribution in [-0.4, -0.2) is 68.0 Å². The molecule has 100 valence electrons. The Labute approximate surface area is 108 Å². The van der Waals surface area contributed by atoms with Crippen molar-refractivity contribution in [3.8, 4) is 0 Å². The van der Waals surface area contributed by atoms with Crippen LogP contribution in [0.2, 0.25) is 0 Å². The molecule has 2 aliphatic heterocycles. The minimum absolute atomic E-state index is 0.165. The van der Waals surface area contributed by atoms with Crippen molar-refractivity contribution < 1.29 is 8.42 Å². The van der Waals surface area contributed by atoms with Gasteiger partial charge < -0.3 is 10.2 Å². The first kappa shape index (κ1) is 13.6. The van der Waals surface area contributed by atoms with E-state index in [0.29, 0.717) is 23.3 Å². The average Bonchev–Trinajstić information content (AvgIpc) is 2.25. The summed E-state index contributed by atoms with van der Waals surface area (Å²) < 4.78 is 23.0. The summed E-state index contributed by atoms with van der Waals surface area (Å²) in [5.41, 5.74) is 0. The van der Waals surface area contributed by atoms with Crippen molar-refractivity contribution in [2.75, 3.05) is 43.4 Å². The maximum absolute atomic E-state index is 11.5. The molecule has 0 spiro atoms. The largest absolute Gasteiger partial charge is 0.312 e. The first-order valence-corrected chi connectivity index (χ1v) is 9.20. The number of hydrogen-bond donors (Lipinski definition) is 1. The second-order valence-corrected chi connectivity index (χ2v) is 8.81. The van der Waals surface area contributed by atoms with Crippen LogP contribution in [0.4, 0.5) is 0 Å². The third kappa shape index (κ3) is 4.43. The lowest BCUT2D eigenvalue weighted by molar-refractivity contribution is 0.270. The van der Waals surface area contributed by atoms with Gasteiger partial charge in [0.15, 0.2) is 9.84 Å². The van der Waals surface area contributed by atoms with E-state index in [1.165, 1.54) is 5.75 Å². The fourth-order valence-corrected chi connectivity index (χ4v) is 5.06. The van der Waals surface area contributed by atoms with Gasteiger partial charge in [-0.05, 0) is 13.0 Å². The Balaban J connectivity index is 1.74. The van der Waals surface area contributed by atoms with Crippen molar-refractivity contribution in [2.45, 2.75) is 24.6 Å². The average molecular weight is 278 g/mol. The van der Waals surface area contributed by atoms with E-state index in [4.69, 9.17) is 0 Å². The monoisotopic (exact) mass is 278 g/mol. The first-order chi connectivity index (χ1) is 8.05. The number of nitrogens with zero attached hydrogens (tertiary/aromatic N) is 1. The maximum atomic E-state index is 11.5. The lowest BCUT2D eigenvalue weighted by Crippen LogP contribution is -2.47. The van der Waals surface area contributed by atoms with Crippen LogP contribution >= 0.6 is 11.8 Å². The molecule has 2 unspecified atom stereocenters. The van der Waals surface area contributed by atoms with Crippen molar-refractivity contribution in [2.24, 2.45) is 0 Å². The van der Waals surface area contributed by atoms with Gasteiger partial charge in [-0.15, -0.1) is 0 Å². The number of nitrogens with one attached hydrogen (secondary N) is 1. The van der Waals surface area contributed by atoms with Gasteiger partial charge in [0.1, 0.15) is 0 Å². The minimum atomic E-state index is -2.78. The predicted molar refractivity (Wildman–Crippen MR) is 73.4 cm³/mol. The van der Waals surface area contributed by atoms with Crippen LogP contribution in [0, 0.1) is 0 Å². The van der Waals surface area contributed by atoms with E-state index < -0.39 is 9.84 Å². The zero-order chi connectivity index (χ0) is 12.3. The van der Waals surface area contributed by atoms with E-state index in [2.05, 4.69) is 17.1 Å². The van der Waals surface area contributed by atoms with Gasteiger partial charge in [-0.25, -0.2) is 8.42 Å². The van der Waals surface area contributed by atoms with Crippen LogP contribution in [0.1, 0.15) is 13.3 Å². The summed E-state index contributed by atoms with van der Waals surface area (Å²) in [7, 11) is -2.78. The van der Waals surface area contributed by atoms with Gasteiger partial charge in [0.2, 0.25) is 0 Å². The molecule has 0 aromatic heterocycles. The maximum Gasteiger partial charge on any atom is 0.153 e. The van der Waals surface area contributed by atoms with Gasteiger partial charge >= 0.3 is 0 Å². The first-order valence-electron chi connectivity index (χ1n) is 6.33. The fraction of sp³-hybridized carbons (Fsp3) is 1.00. The van der Waals surface area contributed by atoms with Crippen molar-refractivity contribution in [1.82, 2.24) is 10.2 Å². The molecule has 0 aromatic carbocycles. The molecule has 2 heterocycles. The third-order valence-corrected chi connectivity index (χ3v) is 6.29. The molecule has 2 saturated heterocycles. The molecule has 0 aromatic rings. The highest BCUT2D eigenvalue weighted by Crippen LogP contribution is 2.18. The van der Waals surface area contributed by atoms with Crippen LogP contribution in [0.3, 0.4) is 0 Å². The number of thioether (sulfide) groups is 1. The van der Waals surface area contributed by atoms with Gasteiger partial charge in [0.25, 0.3) is 0 Å². The molecular weight excluding hydrogens is 256 g/mol. The number of hydrogen-bond acceptors (Lipinski definition) is 5. The summed E-state index contributed by atoms with van der Waals surface area (Å²) >= 11 is 2.03. The van der Waals surface area contributed by atoms with Gasteiger partial charge in [0, 0.05) is 36.7 Å². The van der Waals surface area contributed by atoms with E-state index in [9.17, 15) is 8.42 Å². The third-order valence-electron chi connectivity index (χ3n) is 3.42. The van der Waals surface area contributed by atoms with Crippen LogP contribution in [-0.2, 0) is 9.84 Å². The Morgan fingerprint density at radius 2 is 2.29 bits per heavy atom. The molecule has 4 nitrogen and oxygen atoms in total. The van der Waals surface area contributed by atoms with Crippen LogP contribution in [0.5, 0.6) is 0 Å². The Hall–Kier alpha value is 0.220. The van der Waals surface area contributed by atoms with Crippen molar-refractivity contribution in [3.05, 3.63) is 0 Å². The SMILES string of the molecule is CC1CN(CCC2CS(=O)(=O)CCN2)CCS1. The highest BCUT2D eigenvalue weighted by atomic mass is 32.2. The Morgan fingerprint density at radius 3 is 3.00 bits per heavy atom. The molecule has 0 amide bonds. The molecule has 0 saturated carbocycles. The molecular formula is C11H22N2O2S2. The summed E-state index contributed by atoms with van der Waals surface area (Å²) in [5, 5.41) is 4.03. The van der Waals surface area contributed by atoms with Crippen LogP contribution in [0.25, 0.3) is 0 Å².